The highest BCUT2D eigenvalue weighted by molar-refractivity contribution is 5.79. The van der Waals surface area contributed by atoms with Gasteiger partial charge in [0, 0.05) is 13.1 Å². The highest BCUT2D eigenvalue weighted by Gasteiger charge is 2.44. The summed E-state index contributed by atoms with van der Waals surface area (Å²) in [5, 5.41) is 22.4. The number of amides is 1. The van der Waals surface area contributed by atoms with Crippen LogP contribution in [0.4, 0.5) is 0 Å². The number of carbonyl (C=O) groups excluding carboxylic acids is 1. The summed E-state index contributed by atoms with van der Waals surface area (Å²) < 4.78 is 0. The van der Waals surface area contributed by atoms with Crippen molar-refractivity contribution >= 4 is 5.91 Å². The average molecular weight is 279 g/mol. The molecule has 2 aliphatic rings. The maximum absolute atomic E-state index is 12.1. The van der Waals surface area contributed by atoms with Gasteiger partial charge in [-0.1, -0.05) is 33.1 Å². The van der Waals surface area contributed by atoms with E-state index >= 15 is 0 Å². The summed E-state index contributed by atoms with van der Waals surface area (Å²) in [4.78, 5) is 14.0. The van der Waals surface area contributed by atoms with Crippen LogP contribution >= 0.6 is 0 Å². The van der Waals surface area contributed by atoms with Crippen LogP contribution in [0.1, 0.15) is 46.0 Å². The van der Waals surface area contributed by atoms with Gasteiger partial charge in [0.15, 0.2) is 0 Å². The fourth-order valence-electron chi connectivity index (χ4n) is 3.13. The summed E-state index contributed by atoms with van der Waals surface area (Å²) in [7, 11) is 0. The van der Waals surface area contributed by atoms with Crippen molar-refractivity contribution in [2.45, 2.75) is 57.1 Å². The number of nitrogens with one attached hydrogen (secondary N) is 1. The minimum atomic E-state index is -0.658. The predicted octanol–water partition coefficient (Wildman–Crippen LogP) is 1.03. The summed E-state index contributed by atoms with van der Waals surface area (Å²) in [6.07, 6.45) is 4.67. The Balaban J connectivity index is 1.81. The van der Waals surface area contributed by atoms with Gasteiger partial charge in [-0.15, -0.1) is 0 Å². The number of hydrogen-bond donors (Lipinski definition) is 2. The standard InChI is InChI=1S/C15H25N3O2/c1-12(2)15(20)10-18(11-15)8-13(19)17-14(9-16)6-4-3-5-7-14/h12,20H,3-8,10-11H2,1-2H3,(H,17,19). The first-order valence-corrected chi connectivity index (χ1v) is 7.56. The van der Waals surface area contributed by atoms with Gasteiger partial charge in [0.25, 0.3) is 0 Å². The van der Waals surface area contributed by atoms with Crippen LogP contribution in [-0.4, -0.2) is 46.7 Å². The van der Waals surface area contributed by atoms with Crippen molar-refractivity contribution in [1.82, 2.24) is 10.2 Å². The molecule has 0 aromatic carbocycles. The van der Waals surface area contributed by atoms with Crippen molar-refractivity contribution in [2.24, 2.45) is 5.92 Å². The highest BCUT2D eigenvalue weighted by Crippen LogP contribution is 2.29. The van der Waals surface area contributed by atoms with E-state index in [9.17, 15) is 15.2 Å². The maximum atomic E-state index is 12.1. The lowest BCUT2D eigenvalue weighted by atomic mass is 9.82. The fourth-order valence-corrected chi connectivity index (χ4v) is 3.13. The smallest absolute Gasteiger partial charge is 0.235 e. The van der Waals surface area contributed by atoms with E-state index in [1.807, 2.05) is 18.7 Å². The Morgan fingerprint density at radius 3 is 2.45 bits per heavy atom. The maximum Gasteiger partial charge on any atom is 0.235 e. The molecular weight excluding hydrogens is 254 g/mol. The first kappa shape index (κ1) is 15.3. The molecule has 5 nitrogen and oxygen atoms in total. The van der Waals surface area contributed by atoms with Crippen LogP contribution in [0, 0.1) is 17.2 Å². The molecular formula is C15H25N3O2. The number of carbonyl (C=O) groups is 1. The van der Waals surface area contributed by atoms with Crippen molar-refractivity contribution < 1.29 is 9.90 Å². The number of nitriles is 1. The molecule has 1 saturated carbocycles. The Kier molecular flexibility index (Phi) is 4.36. The zero-order chi connectivity index (χ0) is 14.8. The second-order valence-electron chi connectivity index (χ2n) is 6.71. The minimum absolute atomic E-state index is 0.0979. The third-order valence-corrected chi connectivity index (χ3v) is 4.74. The number of aliphatic hydroxyl groups is 1. The number of rotatable bonds is 4. The van der Waals surface area contributed by atoms with Gasteiger partial charge < -0.3 is 10.4 Å². The van der Waals surface area contributed by atoms with Crippen molar-refractivity contribution in [3.63, 3.8) is 0 Å². The second-order valence-corrected chi connectivity index (χ2v) is 6.71. The molecule has 0 atom stereocenters. The lowest BCUT2D eigenvalue weighted by Crippen LogP contribution is -2.66. The van der Waals surface area contributed by atoms with Crippen molar-refractivity contribution in [2.75, 3.05) is 19.6 Å². The molecule has 1 amide bonds. The molecule has 112 valence electrons. The Morgan fingerprint density at radius 1 is 1.35 bits per heavy atom. The molecule has 0 aromatic heterocycles. The molecule has 1 saturated heterocycles. The Bertz CT molecular complexity index is 402. The van der Waals surface area contributed by atoms with Gasteiger partial charge in [-0.3, -0.25) is 9.69 Å². The van der Waals surface area contributed by atoms with Gasteiger partial charge >= 0.3 is 0 Å². The lowest BCUT2D eigenvalue weighted by molar-refractivity contribution is -0.143. The molecule has 0 radical (unpaired) electrons. The molecule has 2 N–H and O–H groups in total. The number of β-amino-alcohol motifs (C(OH)–C–C–N with tert-alkyl or cyclic N) is 1. The van der Waals surface area contributed by atoms with Crippen LogP contribution in [0.2, 0.25) is 0 Å². The monoisotopic (exact) mass is 279 g/mol. The van der Waals surface area contributed by atoms with Gasteiger partial charge in [0.2, 0.25) is 5.91 Å². The van der Waals surface area contributed by atoms with Crippen molar-refractivity contribution in [3.05, 3.63) is 0 Å². The third kappa shape index (κ3) is 3.13. The zero-order valence-corrected chi connectivity index (χ0v) is 12.5. The fraction of sp³-hybridized carbons (Fsp3) is 0.867. The minimum Gasteiger partial charge on any atom is -0.387 e. The van der Waals surface area contributed by atoms with Gasteiger partial charge in [-0.2, -0.15) is 5.26 Å². The molecule has 1 aliphatic heterocycles. The van der Waals surface area contributed by atoms with Gasteiger partial charge in [0.05, 0.1) is 18.2 Å². The first-order chi connectivity index (χ1) is 9.39. The van der Waals surface area contributed by atoms with Crippen LogP contribution < -0.4 is 5.32 Å². The van der Waals surface area contributed by atoms with E-state index < -0.39 is 11.1 Å². The van der Waals surface area contributed by atoms with Crippen LogP contribution in [0.3, 0.4) is 0 Å². The molecule has 20 heavy (non-hydrogen) atoms. The van der Waals surface area contributed by atoms with Crippen LogP contribution in [-0.2, 0) is 4.79 Å². The van der Waals surface area contributed by atoms with E-state index in [1.165, 1.54) is 0 Å². The average Bonchev–Trinajstić information content (AvgIpc) is 2.37. The normalized spacial score (nSPS) is 24.8. The van der Waals surface area contributed by atoms with E-state index in [0.717, 1.165) is 32.1 Å². The van der Waals surface area contributed by atoms with Gasteiger partial charge in [0.1, 0.15) is 5.54 Å². The van der Waals surface area contributed by atoms with Crippen LogP contribution in [0.15, 0.2) is 0 Å². The van der Waals surface area contributed by atoms with Crippen molar-refractivity contribution in [1.29, 1.82) is 5.26 Å². The molecule has 0 unspecified atom stereocenters. The number of nitrogens with zero attached hydrogens (tertiary/aromatic N) is 2. The molecule has 0 spiro atoms. The molecule has 0 bridgehead atoms. The highest BCUT2D eigenvalue weighted by atomic mass is 16.3. The summed E-state index contributed by atoms with van der Waals surface area (Å²) in [6, 6.07) is 2.29. The number of hydrogen-bond acceptors (Lipinski definition) is 4. The molecule has 2 rings (SSSR count). The molecule has 1 aliphatic carbocycles. The van der Waals surface area contributed by atoms with E-state index in [1.54, 1.807) is 0 Å². The quantitative estimate of drug-likeness (QED) is 0.806. The van der Waals surface area contributed by atoms with Gasteiger partial charge in [-0.05, 0) is 18.8 Å². The Labute approximate surface area is 120 Å². The first-order valence-electron chi connectivity index (χ1n) is 7.56. The van der Waals surface area contributed by atoms with E-state index in [-0.39, 0.29) is 18.4 Å². The molecule has 2 fully saturated rings. The summed E-state index contributed by atoms with van der Waals surface area (Å²) in [5.41, 5.74) is -1.31. The lowest BCUT2D eigenvalue weighted by Gasteiger charge is -2.49. The third-order valence-electron chi connectivity index (χ3n) is 4.74. The largest absolute Gasteiger partial charge is 0.387 e. The van der Waals surface area contributed by atoms with Crippen LogP contribution in [0.25, 0.3) is 0 Å². The number of likely N-dealkylation sites (tertiary alicyclic amines) is 1. The topological polar surface area (TPSA) is 76.4 Å². The van der Waals surface area contributed by atoms with Gasteiger partial charge in [-0.25, -0.2) is 0 Å². The zero-order valence-electron chi connectivity index (χ0n) is 12.5. The van der Waals surface area contributed by atoms with Crippen molar-refractivity contribution in [3.8, 4) is 6.07 Å². The summed E-state index contributed by atoms with van der Waals surface area (Å²) in [5.74, 6) is 0.102. The van der Waals surface area contributed by atoms with E-state index in [0.29, 0.717) is 13.1 Å². The molecule has 1 heterocycles. The van der Waals surface area contributed by atoms with E-state index in [2.05, 4.69) is 11.4 Å². The summed E-state index contributed by atoms with van der Waals surface area (Å²) >= 11 is 0. The second kappa shape index (κ2) is 5.71. The predicted molar refractivity (Wildman–Crippen MR) is 75.8 cm³/mol. The summed E-state index contributed by atoms with van der Waals surface area (Å²) in [6.45, 7) is 5.34. The van der Waals surface area contributed by atoms with Crippen LogP contribution in [0.5, 0.6) is 0 Å². The SMILES string of the molecule is CC(C)C1(O)CN(CC(=O)NC2(C#N)CCCCC2)C1. The van der Waals surface area contributed by atoms with E-state index in [4.69, 9.17) is 0 Å². The Morgan fingerprint density at radius 2 is 1.95 bits per heavy atom. The Hall–Kier alpha value is -1.12. The molecule has 0 aromatic rings. The molecule has 5 heteroatoms.